The second kappa shape index (κ2) is 5.74. The molecule has 0 aromatic carbocycles. The Kier molecular flexibility index (Phi) is 5.73. The van der Waals surface area contributed by atoms with Gasteiger partial charge in [-0.25, -0.2) is 0 Å². The molecule has 1 heterocycles. The molecule has 0 atom stereocenters. The lowest BCUT2D eigenvalue weighted by molar-refractivity contribution is -0.112. The Morgan fingerprint density at radius 2 is 2.10 bits per heavy atom. The average Bonchev–Trinajstić information content (AvgIpc) is 1.91. The Bertz CT molecular complexity index is 106. The van der Waals surface area contributed by atoms with E-state index in [0.29, 0.717) is 11.7 Å². The van der Waals surface area contributed by atoms with Crippen molar-refractivity contribution in [1.29, 1.82) is 0 Å². The molecule has 0 saturated carbocycles. The second-order valence-corrected chi connectivity index (χ2v) is 3.11. The second-order valence-electron chi connectivity index (χ2n) is 1.96. The third-order valence-electron chi connectivity index (χ3n) is 1.14. The largest absolute Gasteiger partial charge is 0.298 e. The standard InChI is InChI=1S/C5H9NOS.C2H6/c1-6-2-3-8-5(7)4-6;1-2/h2-4H2,1H3;1-2H3. The maximum atomic E-state index is 10.6. The van der Waals surface area contributed by atoms with Gasteiger partial charge < -0.3 is 0 Å². The Labute approximate surface area is 67.0 Å². The summed E-state index contributed by atoms with van der Waals surface area (Å²) >= 11 is 1.44. The predicted molar refractivity (Wildman–Crippen MR) is 46.3 cm³/mol. The highest BCUT2D eigenvalue weighted by molar-refractivity contribution is 8.13. The van der Waals surface area contributed by atoms with Crippen LogP contribution < -0.4 is 0 Å². The van der Waals surface area contributed by atoms with Gasteiger partial charge in [0.05, 0.1) is 6.54 Å². The minimum absolute atomic E-state index is 0.304. The predicted octanol–water partition coefficient (Wildman–Crippen LogP) is 1.22. The molecule has 0 aromatic rings. The lowest BCUT2D eigenvalue weighted by atomic mass is 10.5. The van der Waals surface area contributed by atoms with Gasteiger partial charge in [-0.1, -0.05) is 25.6 Å². The molecule has 1 saturated heterocycles. The van der Waals surface area contributed by atoms with Crippen LogP contribution in [0, 0.1) is 0 Å². The lowest BCUT2D eigenvalue weighted by Crippen LogP contribution is -2.31. The first kappa shape index (κ1) is 9.98. The third-order valence-corrected chi connectivity index (χ3v) is 1.97. The highest BCUT2D eigenvalue weighted by Gasteiger charge is 2.12. The summed E-state index contributed by atoms with van der Waals surface area (Å²) in [5, 5.41) is 0.304. The smallest absolute Gasteiger partial charge is 0.202 e. The van der Waals surface area contributed by atoms with Gasteiger partial charge in [-0.15, -0.1) is 0 Å². The zero-order chi connectivity index (χ0) is 7.98. The number of carbonyl (C=O) groups is 1. The molecule has 0 aromatic heterocycles. The van der Waals surface area contributed by atoms with Gasteiger partial charge >= 0.3 is 0 Å². The van der Waals surface area contributed by atoms with Crippen LogP contribution in [-0.4, -0.2) is 35.9 Å². The number of rotatable bonds is 0. The number of nitrogens with zero attached hydrogens (tertiary/aromatic N) is 1. The SMILES string of the molecule is CC.CN1CCSC(=O)C1. The first-order valence-electron chi connectivity index (χ1n) is 3.63. The van der Waals surface area contributed by atoms with Crippen LogP contribution in [0.15, 0.2) is 0 Å². The van der Waals surface area contributed by atoms with E-state index in [1.165, 1.54) is 11.8 Å². The lowest BCUT2D eigenvalue weighted by Gasteiger charge is -2.19. The van der Waals surface area contributed by atoms with E-state index in [1.54, 1.807) is 0 Å². The molecule has 0 amide bonds. The van der Waals surface area contributed by atoms with Crippen LogP contribution in [0.4, 0.5) is 0 Å². The van der Waals surface area contributed by atoms with Crippen molar-refractivity contribution in [2.24, 2.45) is 0 Å². The van der Waals surface area contributed by atoms with Crippen LogP contribution in [0.5, 0.6) is 0 Å². The Hall–Kier alpha value is -0.0200. The van der Waals surface area contributed by atoms with Gasteiger partial charge in [-0.2, -0.15) is 0 Å². The van der Waals surface area contributed by atoms with Gasteiger partial charge in [-0.05, 0) is 7.05 Å². The number of hydrogen-bond donors (Lipinski definition) is 0. The fourth-order valence-corrected chi connectivity index (χ4v) is 1.60. The summed E-state index contributed by atoms with van der Waals surface area (Å²) in [6, 6.07) is 0. The van der Waals surface area contributed by atoms with E-state index < -0.39 is 0 Å². The molecular weight excluding hydrogens is 146 g/mol. The van der Waals surface area contributed by atoms with Gasteiger partial charge in [0.15, 0.2) is 0 Å². The molecule has 1 rings (SSSR count). The van der Waals surface area contributed by atoms with E-state index in [1.807, 2.05) is 25.8 Å². The minimum atomic E-state index is 0.304. The maximum absolute atomic E-state index is 10.6. The summed E-state index contributed by atoms with van der Waals surface area (Å²) in [6.07, 6.45) is 0. The Balaban J connectivity index is 0.000000371. The molecular formula is C7H15NOS. The summed E-state index contributed by atoms with van der Waals surface area (Å²) in [7, 11) is 1.97. The molecule has 2 nitrogen and oxygen atoms in total. The van der Waals surface area contributed by atoms with Gasteiger partial charge in [0.25, 0.3) is 0 Å². The van der Waals surface area contributed by atoms with Gasteiger partial charge in [0.2, 0.25) is 5.12 Å². The number of hydrogen-bond acceptors (Lipinski definition) is 3. The minimum Gasteiger partial charge on any atom is -0.298 e. The molecule has 10 heavy (non-hydrogen) atoms. The molecule has 3 heteroatoms. The van der Waals surface area contributed by atoms with E-state index in [9.17, 15) is 4.79 Å². The fourth-order valence-electron chi connectivity index (χ4n) is 0.660. The van der Waals surface area contributed by atoms with E-state index >= 15 is 0 Å². The topological polar surface area (TPSA) is 20.3 Å². The zero-order valence-corrected chi connectivity index (χ0v) is 7.70. The van der Waals surface area contributed by atoms with Crippen molar-refractivity contribution >= 4 is 16.9 Å². The normalized spacial score (nSPS) is 19.7. The van der Waals surface area contributed by atoms with Crippen LogP contribution in [0.2, 0.25) is 0 Å². The monoisotopic (exact) mass is 161 g/mol. The molecule has 60 valence electrons. The van der Waals surface area contributed by atoms with Gasteiger partial charge in [-0.3, -0.25) is 9.69 Å². The highest BCUT2D eigenvalue weighted by atomic mass is 32.2. The molecule has 1 aliphatic heterocycles. The van der Waals surface area contributed by atoms with E-state index in [0.717, 1.165) is 12.3 Å². The summed E-state index contributed by atoms with van der Waals surface area (Å²) in [5.41, 5.74) is 0. The highest BCUT2D eigenvalue weighted by Crippen LogP contribution is 2.08. The molecule has 0 spiro atoms. The summed E-state index contributed by atoms with van der Waals surface area (Å²) in [5.74, 6) is 0.968. The van der Waals surface area contributed by atoms with Gasteiger partial charge in [0.1, 0.15) is 0 Å². The van der Waals surface area contributed by atoms with Crippen LogP contribution in [0.3, 0.4) is 0 Å². The van der Waals surface area contributed by atoms with Crippen LogP contribution >= 0.6 is 11.8 Å². The Morgan fingerprint density at radius 1 is 1.50 bits per heavy atom. The van der Waals surface area contributed by atoms with E-state index in [2.05, 4.69) is 0 Å². The number of thioether (sulfide) groups is 1. The zero-order valence-electron chi connectivity index (χ0n) is 6.89. The van der Waals surface area contributed by atoms with E-state index in [-0.39, 0.29) is 0 Å². The summed E-state index contributed by atoms with van der Waals surface area (Å²) in [6.45, 7) is 5.68. The van der Waals surface area contributed by atoms with Crippen molar-refractivity contribution in [2.75, 3.05) is 25.9 Å². The van der Waals surface area contributed by atoms with E-state index in [4.69, 9.17) is 0 Å². The summed E-state index contributed by atoms with van der Waals surface area (Å²) in [4.78, 5) is 12.6. The number of carbonyl (C=O) groups excluding carboxylic acids is 1. The first-order valence-corrected chi connectivity index (χ1v) is 4.62. The molecule has 0 radical (unpaired) electrons. The summed E-state index contributed by atoms with van der Waals surface area (Å²) < 4.78 is 0. The van der Waals surface area contributed by atoms with Gasteiger partial charge in [0, 0.05) is 12.3 Å². The average molecular weight is 161 g/mol. The van der Waals surface area contributed by atoms with Crippen molar-refractivity contribution in [3.8, 4) is 0 Å². The maximum Gasteiger partial charge on any atom is 0.202 e. The van der Waals surface area contributed by atoms with Crippen molar-refractivity contribution in [3.05, 3.63) is 0 Å². The van der Waals surface area contributed by atoms with Crippen LogP contribution in [0.25, 0.3) is 0 Å². The van der Waals surface area contributed by atoms with Crippen molar-refractivity contribution < 1.29 is 4.79 Å². The quantitative estimate of drug-likeness (QED) is 0.533. The molecule has 0 unspecified atom stereocenters. The van der Waals surface area contributed by atoms with Crippen molar-refractivity contribution in [2.45, 2.75) is 13.8 Å². The van der Waals surface area contributed by atoms with Crippen molar-refractivity contribution in [3.63, 3.8) is 0 Å². The third kappa shape index (κ3) is 3.90. The Morgan fingerprint density at radius 3 is 2.40 bits per heavy atom. The number of likely N-dealkylation sites (N-methyl/N-ethyl adjacent to an activating group) is 1. The molecule has 0 N–H and O–H groups in total. The van der Waals surface area contributed by atoms with Crippen LogP contribution in [-0.2, 0) is 4.79 Å². The van der Waals surface area contributed by atoms with Crippen molar-refractivity contribution in [1.82, 2.24) is 4.90 Å². The first-order chi connectivity index (χ1) is 4.79. The molecule has 0 aliphatic carbocycles. The fraction of sp³-hybridized carbons (Fsp3) is 0.857. The van der Waals surface area contributed by atoms with Crippen LogP contribution in [0.1, 0.15) is 13.8 Å². The molecule has 1 fully saturated rings. The molecule has 1 aliphatic rings. The molecule has 0 bridgehead atoms.